The van der Waals surface area contributed by atoms with Crippen LogP contribution in [0.1, 0.15) is 128 Å². The molecule has 4 aromatic carbocycles. The third kappa shape index (κ3) is 24.2. The van der Waals surface area contributed by atoms with Gasteiger partial charge in [0.2, 0.25) is 0 Å². The average Bonchev–Trinajstić information content (AvgIpc) is 3.24. The molecule has 0 aliphatic carbocycles. The molecule has 0 fully saturated rings. The lowest BCUT2D eigenvalue weighted by Gasteiger charge is -2.23. The van der Waals surface area contributed by atoms with Crippen LogP contribution in [0, 0.1) is 35.5 Å². The summed E-state index contributed by atoms with van der Waals surface area (Å²) >= 11 is 0. The van der Waals surface area contributed by atoms with Gasteiger partial charge in [-0.25, -0.2) is 0 Å². The third-order valence-corrected chi connectivity index (χ3v) is 10.7. The molecule has 0 amide bonds. The zero-order valence-electron chi connectivity index (χ0n) is 42.2. The molecule has 4 rings (SSSR count). The second-order valence-corrected chi connectivity index (χ2v) is 19.3. The van der Waals surface area contributed by atoms with Crippen molar-refractivity contribution >= 4 is 10.8 Å². The van der Waals surface area contributed by atoms with Gasteiger partial charge in [-0.15, -0.1) is 0 Å². The number of ether oxygens (including phenoxy) is 7. The van der Waals surface area contributed by atoms with Crippen molar-refractivity contribution in [1.29, 1.82) is 0 Å². The van der Waals surface area contributed by atoms with E-state index in [1.165, 1.54) is 16.3 Å². The highest BCUT2D eigenvalue weighted by Crippen LogP contribution is 2.23. The van der Waals surface area contributed by atoms with Gasteiger partial charge in [0.05, 0.1) is 45.2 Å². The molecule has 7 heteroatoms. The molecule has 0 aliphatic heterocycles. The van der Waals surface area contributed by atoms with Gasteiger partial charge in [-0.2, -0.15) is 0 Å². The maximum Gasteiger partial charge on any atom is 0.120 e. The molecule has 0 N–H and O–H groups in total. The number of hydrogen-bond acceptors (Lipinski definition) is 7. The van der Waals surface area contributed by atoms with Crippen molar-refractivity contribution in [2.24, 2.45) is 35.5 Å². The first-order chi connectivity index (χ1) is 30.0. The van der Waals surface area contributed by atoms with Crippen LogP contribution in [0.15, 0.2) is 91.0 Å². The van der Waals surface area contributed by atoms with Gasteiger partial charge in [0.25, 0.3) is 0 Å². The van der Waals surface area contributed by atoms with Crippen molar-refractivity contribution in [1.82, 2.24) is 0 Å². The summed E-state index contributed by atoms with van der Waals surface area (Å²) < 4.78 is 40.2. The van der Waals surface area contributed by atoms with E-state index in [4.69, 9.17) is 33.2 Å². The Balaban J connectivity index is 0.000000326. The van der Waals surface area contributed by atoms with Crippen LogP contribution in [0.2, 0.25) is 0 Å². The molecule has 354 valence electrons. The fourth-order valence-electron chi connectivity index (χ4n) is 6.95. The van der Waals surface area contributed by atoms with Gasteiger partial charge in [0, 0.05) is 0 Å². The number of fused-ring (bicyclic) bond motifs is 1. The predicted molar refractivity (Wildman–Crippen MR) is 266 cm³/mol. The van der Waals surface area contributed by atoms with E-state index in [0.29, 0.717) is 99.4 Å². The Labute approximate surface area is 384 Å². The zero-order chi connectivity index (χ0) is 46.7. The standard InChI is InChI=1S/C20H28O2.C19H32O2.C17H28O3/c1-15(2)13-20(16(3)4)22-12-11-21-19-10-9-17-7-5-6-8-18(17)14-19;1-14(2)13-19(16(5)6)21-12-11-20-18-9-7-17(8-10-18)15(3)4;1-13(2)12-17(14(3)4)20-11-10-19-16-8-6-15(18-5)7-9-16/h5-10,14-16,20H,11-13H2,1-4H3;7-10,14-16,19H,11-13H2,1-6H3;6-9,13-14,17H,10-12H2,1-5H3. The second kappa shape index (κ2) is 31.2. The summed E-state index contributed by atoms with van der Waals surface area (Å²) in [6.45, 7) is 34.8. The van der Waals surface area contributed by atoms with Crippen LogP contribution >= 0.6 is 0 Å². The largest absolute Gasteiger partial charge is 0.497 e. The van der Waals surface area contributed by atoms with E-state index in [1.807, 2.05) is 48.5 Å². The molecule has 4 aromatic rings. The SMILES string of the molecule is CC(C)CC(OCCOc1ccc(C(C)C)cc1)C(C)C.CC(C)CC(OCCOc1ccc2ccccc2c1)C(C)C.COc1ccc(OCCOC(CC(C)C)C(C)C)cc1. The highest BCUT2D eigenvalue weighted by atomic mass is 16.5. The molecule has 0 heterocycles. The monoisotopic (exact) mass is 873 g/mol. The first kappa shape index (κ1) is 55.4. The number of methoxy groups -OCH3 is 1. The maximum absolute atomic E-state index is 6.00. The smallest absolute Gasteiger partial charge is 0.120 e. The van der Waals surface area contributed by atoms with Crippen LogP contribution in [0.25, 0.3) is 10.8 Å². The minimum absolute atomic E-state index is 0.314. The third-order valence-electron chi connectivity index (χ3n) is 10.7. The Morgan fingerprint density at radius 2 is 0.714 bits per heavy atom. The lowest BCUT2D eigenvalue weighted by molar-refractivity contribution is -0.00437. The summed E-state index contributed by atoms with van der Waals surface area (Å²) in [5.74, 6) is 7.70. The van der Waals surface area contributed by atoms with Gasteiger partial charge in [0.1, 0.15) is 42.8 Å². The van der Waals surface area contributed by atoms with E-state index in [0.717, 1.165) is 42.3 Å². The molecule has 63 heavy (non-hydrogen) atoms. The quantitative estimate of drug-likeness (QED) is 0.0582. The molecule has 7 nitrogen and oxygen atoms in total. The van der Waals surface area contributed by atoms with E-state index in [1.54, 1.807) is 7.11 Å². The molecule has 0 bridgehead atoms. The summed E-state index contributed by atoms with van der Waals surface area (Å²) in [4.78, 5) is 0. The van der Waals surface area contributed by atoms with Gasteiger partial charge in [-0.05, 0) is 126 Å². The molecule has 0 spiro atoms. The van der Waals surface area contributed by atoms with E-state index >= 15 is 0 Å². The lowest BCUT2D eigenvalue weighted by Crippen LogP contribution is -2.24. The second-order valence-electron chi connectivity index (χ2n) is 19.3. The van der Waals surface area contributed by atoms with E-state index in [-0.39, 0.29) is 0 Å². The minimum Gasteiger partial charge on any atom is -0.497 e. The highest BCUT2D eigenvalue weighted by Gasteiger charge is 2.17. The molecule has 0 aliphatic rings. The summed E-state index contributed by atoms with van der Waals surface area (Å²) in [6, 6.07) is 30.5. The average molecular weight is 873 g/mol. The molecule has 0 radical (unpaired) electrons. The normalized spacial score (nSPS) is 13.0. The van der Waals surface area contributed by atoms with Crippen molar-refractivity contribution in [3.05, 3.63) is 96.6 Å². The number of hydrogen-bond donors (Lipinski definition) is 0. The van der Waals surface area contributed by atoms with Crippen LogP contribution in [0.5, 0.6) is 23.0 Å². The minimum atomic E-state index is 0.314. The lowest BCUT2D eigenvalue weighted by atomic mass is 9.97. The van der Waals surface area contributed by atoms with Crippen molar-refractivity contribution in [3.8, 4) is 23.0 Å². The van der Waals surface area contributed by atoms with Crippen LogP contribution in [0.3, 0.4) is 0 Å². The highest BCUT2D eigenvalue weighted by molar-refractivity contribution is 5.83. The molecule has 3 unspecified atom stereocenters. The van der Waals surface area contributed by atoms with Gasteiger partial charge < -0.3 is 33.2 Å². The van der Waals surface area contributed by atoms with Crippen LogP contribution in [-0.4, -0.2) is 65.1 Å². The first-order valence-corrected chi connectivity index (χ1v) is 23.9. The molecule has 0 aromatic heterocycles. The summed E-state index contributed by atoms with van der Waals surface area (Å²) in [5, 5.41) is 2.45. The molecular formula is C56H88O7. The number of rotatable bonds is 26. The molecular weight excluding hydrogens is 785 g/mol. The molecule has 3 atom stereocenters. The zero-order valence-corrected chi connectivity index (χ0v) is 42.2. The molecule has 0 saturated carbocycles. The van der Waals surface area contributed by atoms with Gasteiger partial charge in [0.15, 0.2) is 0 Å². The Morgan fingerprint density at radius 1 is 0.365 bits per heavy atom. The summed E-state index contributed by atoms with van der Waals surface area (Å²) in [6.07, 6.45) is 4.28. The van der Waals surface area contributed by atoms with Crippen LogP contribution in [-0.2, 0) is 14.2 Å². The summed E-state index contributed by atoms with van der Waals surface area (Å²) in [5.41, 5.74) is 1.34. The topological polar surface area (TPSA) is 64.6 Å². The van der Waals surface area contributed by atoms with Crippen molar-refractivity contribution in [3.63, 3.8) is 0 Å². The van der Waals surface area contributed by atoms with E-state index < -0.39 is 0 Å². The molecule has 0 saturated heterocycles. The van der Waals surface area contributed by atoms with Crippen molar-refractivity contribution < 1.29 is 33.2 Å². The van der Waals surface area contributed by atoms with Gasteiger partial charge in [-0.1, -0.05) is 139 Å². The van der Waals surface area contributed by atoms with Crippen LogP contribution < -0.4 is 18.9 Å². The fraction of sp³-hybridized carbons (Fsp3) is 0.607. The summed E-state index contributed by atoms with van der Waals surface area (Å²) in [7, 11) is 1.66. The number of benzene rings is 4. The Morgan fingerprint density at radius 3 is 1.08 bits per heavy atom. The van der Waals surface area contributed by atoms with Gasteiger partial charge >= 0.3 is 0 Å². The van der Waals surface area contributed by atoms with Gasteiger partial charge in [-0.3, -0.25) is 0 Å². The van der Waals surface area contributed by atoms with Crippen molar-refractivity contribution in [2.45, 2.75) is 140 Å². The fourth-order valence-corrected chi connectivity index (χ4v) is 6.95. The first-order valence-electron chi connectivity index (χ1n) is 23.9. The Kier molecular flexibility index (Phi) is 27.4. The Hall–Kier alpha value is -3.78. The van der Waals surface area contributed by atoms with Crippen molar-refractivity contribution in [2.75, 3.05) is 46.8 Å². The Bertz CT molecular complexity index is 1710. The van der Waals surface area contributed by atoms with E-state index in [2.05, 4.69) is 139 Å². The van der Waals surface area contributed by atoms with Crippen LogP contribution in [0.4, 0.5) is 0 Å². The maximum atomic E-state index is 6.00. The predicted octanol–water partition coefficient (Wildman–Crippen LogP) is 14.7. The van der Waals surface area contributed by atoms with E-state index in [9.17, 15) is 0 Å².